The van der Waals surface area contributed by atoms with Gasteiger partial charge in [-0.1, -0.05) is 42.8 Å². The number of piperazine rings is 1. The molecule has 9 nitrogen and oxygen atoms in total. The summed E-state index contributed by atoms with van der Waals surface area (Å²) in [5.74, 6) is 1.49. The van der Waals surface area contributed by atoms with Crippen molar-refractivity contribution >= 4 is 17.3 Å². The number of ether oxygens (including phenoxy) is 1. The van der Waals surface area contributed by atoms with Crippen molar-refractivity contribution in [1.29, 1.82) is 0 Å². The summed E-state index contributed by atoms with van der Waals surface area (Å²) in [6.07, 6.45) is 0.279. The Morgan fingerprint density at radius 2 is 1.89 bits per heavy atom. The molecule has 2 aromatic carbocycles. The summed E-state index contributed by atoms with van der Waals surface area (Å²) >= 11 is 6.15. The second kappa shape index (κ2) is 12.1. The number of rotatable bonds is 11. The van der Waals surface area contributed by atoms with Gasteiger partial charge in [0.15, 0.2) is 5.72 Å². The molecule has 2 heterocycles. The largest absolute Gasteiger partial charge is 0.492 e. The van der Waals surface area contributed by atoms with Crippen LogP contribution >= 0.6 is 11.6 Å². The van der Waals surface area contributed by atoms with Crippen LogP contribution in [0.2, 0.25) is 5.02 Å². The Kier molecular flexibility index (Phi) is 8.91. The molecule has 0 amide bonds. The van der Waals surface area contributed by atoms with Gasteiger partial charge in [0, 0.05) is 43.3 Å². The number of halogens is 1. The van der Waals surface area contributed by atoms with Crippen LogP contribution in [0.1, 0.15) is 26.1 Å². The van der Waals surface area contributed by atoms with E-state index < -0.39 is 11.8 Å². The molecule has 37 heavy (non-hydrogen) atoms. The highest BCUT2D eigenvalue weighted by Gasteiger charge is 2.43. The Morgan fingerprint density at radius 3 is 2.59 bits per heavy atom. The molecule has 0 radical (unpaired) electrons. The van der Waals surface area contributed by atoms with Crippen LogP contribution in [-0.4, -0.2) is 74.1 Å². The van der Waals surface area contributed by atoms with E-state index in [1.54, 1.807) is 11.5 Å². The Balaban J connectivity index is 1.36. The number of aliphatic hydroxyl groups is 2. The highest BCUT2D eigenvalue weighted by Crippen LogP contribution is 2.28. The van der Waals surface area contributed by atoms with Crippen LogP contribution in [0.25, 0.3) is 0 Å². The molecule has 1 saturated heterocycles. The fourth-order valence-corrected chi connectivity index (χ4v) is 4.98. The lowest BCUT2D eigenvalue weighted by molar-refractivity contribution is -0.176. The molecule has 0 aliphatic carbocycles. The van der Waals surface area contributed by atoms with Crippen LogP contribution in [0.15, 0.2) is 59.4 Å². The zero-order valence-corrected chi connectivity index (χ0v) is 22.2. The van der Waals surface area contributed by atoms with E-state index in [-0.39, 0.29) is 12.2 Å². The van der Waals surface area contributed by atoms with Crippen LogP contribution in [0.3, 0.4) is 0 Å². The molecule has 2 atom stereocenters. The maximum Gasteiger partial charge on any atom is 0.346 e. The van der Waals surface area contributed by atoms with Crippen LogP contribution in [0.5, 0.6) is 5.75 Å². The maximum atomic E-state index is 13.0. The zero-order valence-electron chi connectivity index (χ0n) is 21.5. The van der Waals surface area contributed by atoms with E-state index in [1.807, 2.05) is 71.3 Å². The third kappa shape index (κ3) is 6.35. The molecule has 3 aromatic rings. The lowest BCUT2D eigenvalue weighted by atomic mass is 10.0. The summed E-state index contributed by atoms with van der Waals surface area (Å²) in [6, 6.07) is 17.0. The Labute approximate surface area is 222 Å². The number of aromatic nitrogens is 3. The van der Waals surface area contributed by atoms with E-state index in [1.165, 1.54) is 4.68 Å². The molecule has 10 heteroatoms. The minimum absolute atomic E-state index is 0.162. The van der Waals surface area contributed by atoms with Gasteiger partial charge in [0.2, 0.25) is 0 Å². The molecular weight excluding hydrogens is 494 g/mol. The van der Waals surface area contributed by atoms with Crippen molar-refractivity contribution in [2.75, 3.05) is 37.7 Å². The van der Waals surface area contributed by atoms with Crippen molar-refractivity contribution in [3.63, 3.8) is 0 Å². The van der Waals surface area contributed by atoms with Crippen molar-refractivity contribution < 1.29 is 14.9 Å². The van der Waals surface area contributed by atoms with E-state index in [2.05, 4.69) is 5.10 Å². The lowest BCUT2D eigenvalue weighted by Crippen LogP contribution is -2.67. The summed E-state index contributed by atoms with van der Waals surface area (Å²) in [6.45, 7) is 6.81. The first-order valence-electron chi connectivity index (χ1n) is 12.8. The molecule has 1 aromatic heterocycles. The summed E-state index contributed by atoms with van der Waals surface area (Å²) in [5, 5.41) is 27.1. The Bertz CT molecular complexity index is 1220. The summed E-state index contributed by atoms with van der Waals surface area (Å²) in [4.78, 5) is 17.0. The highest BCUT2D eigenvalue weighted by atomic mass is 35.5. The topological polar surface area (TPSA) is 96.0 Å². The molecule has 2 N–H and O–H groups in total. The van der Waals surface area contributed by atoms with E-state index in [4.69, 9.17) is 16.3 Å². The predicted octanol–water partition coefficient (Wildman–Crippen LogP) is 2.62. The third-order valence-electron chi connectivity index (χ3n) is 6.89. The van der Waals surface area contributed by atoms with Gasteiger partial charge in [-0.25, -0.2) is 9.48 Å². The lowest BCUT2D eigenvalue weighted by Gasteiger charge is -2.49. The van der Waals surface area contributed by atoms with Crippen molar-refractivity contribution in [3.05, 3.63) is 75.9 Å². The van der Waals surface area contributed by atoms with Crippen LogP contribution in [0, 0.1) is 0 Å². The zero-order chi connectivity index (χ0) is 26.4. The van der Waals surface area contributed by atoms with Crippen molar-refractivity contribution in [2.45, 2.75) is 51.6 Å². The first-order chi connectivity index (χ1) is 17.8. The molecule has 0 bridgehead atoms. The number of hydrogen-bond donors (Lipinski definition) is 2. The van der Waals surface area contributed by atoms with Gasteiger partial charge in [0.1, 0.15) is 18.2 Å². The van der Waals surface area contributed by atoms with Gasteiger partial charge in [-0.05, 0) is 43.7 Å². The number of aryl methyl sites for hydroxylation is 2. The third-order valence-corrected chi connectivity index (χ3v) is 7.13. The first-order valence-corrected chi connectivity index (χ1v) is 13.2. The number of β-amino-alcohol motifs (C(OH)–C–C–N with tert-alkyl or cyclic N) is 1. The van der Waals surface area contributed by atoms with E-state index >= 15 is 0 Å². The standard InChI is InChI=1S/C27H36ClN5O4/c1-3-25-29-33(26(35)32(25)17-18-37-24-11-5-4-6-12-24)14-8-13-31-16-15-30(20-27(31,36)21(2)34)23-10-7-9-22(28)19-23/h4-7,9-12,19,21,34,36H,3,8,13-18,20H2,1-2H3. The number of aliphatic hydroxyl groups excluding tert-OH is 1. The number of anilines is 1. The number of nitrogens with zero attached hydrogens (tertiary/aromatic N) is 5. The summed E-state index contributed by atoms with van der Waals surface area (Å²) in [5.41, 5.74) is -0.675. The predicted molar refractivity (Wildman–Crippen MR) is 144 cm³/mol. The van der Waals surface area contributed by atoms with Gasteiger partial charge >= 0.3 is 5.69 Å². The second-order valence-corrected chi connectivity index (χ2v) is 9.82. The molecule has 0 spiro atoms. The molecule has 2 unspecified atom stereocenters. The molecule has 200 valence electrons. The van der Waals surface area contributed by atoms with Crippen molar-refractivity contribution in [3.8, 4) is 5.75 Å². The fourth-order valence-electron chi connectivity index (χ4n) is 4.79. The Morgan fingerprint density at radius 1 is 1.11 bits per heavy atom. The molecular formula is C27H36ClN5O4. The first kappa shape index (κ1) is 27.2. The van der Waals surface area contributed by atoms with Crippen LogP contribution in [-0.2, 0) is 19.5 Å². The number of hydrogen-bond acceptors (Lipinski definition) is 7. The van der Waals surface area contributed by atoms with E-state index in [9.17, 15) is 15.0 Å². The fraction of sp³-hybridized carbons (Fsp3) is 0.481. The number of benzene rings is 2. The van der Waals surface area contributed by atoms with Crippen LogP contribution in [0.4, 0.5) is 5.69 Å². The second-order valence-electron chi connectivity index (χ2n) is 9.39. The molecule has 4 rings (SSSR count). The van der Waals surface area contributed by atoms with Crippen molar-refractivity contribution in [2.24, 2.45) is 0 Å². The average molecular weight is 530 g/mol. The van der Waals surface area contributed by atoms with Gasteiger partial charge in [-0.3, -0.25) is 9.47 Å². The maximum absolute atomic E-state index is 13.0. The molecule has 1 fully saturated rings. The van der Waals surface area contributed by atoms with Gasteiger partial charge in [0.05, 0.1) is 19.2 Å². The van der Waals surface area contributed by atoms with Crippen LogP contribution < -0.4 is 15.3 Å². The SMILES string of the molecule is CCc1nn(CCCN2CCN(c3cccc(Cl)c3)CC2(O)C(C)O)c(=O)n1CCOc1ccccc1. The van der Waals surface area contributed by atoms with Gasteiger partial charge < -0.3 is 19.8 Å². The molecule has 1 aliphatic rings. The Hall–Kier alpha value is -2.85. The minimum atomic E-state index is -1.42. The van der Waals surface area contributed by atoms with Gasteiger partial charge in [-0.15, -0.1) is 0 Å². The molecule has 1 aliphatic heterocycles. The number of para-hydroxylation sites is 1. The average Bonchev–Trinajstić information content (AvgIpc) is 3.20. The highest BCUT2D eigenvalue weighted by molar-refractivity contribution is 6.30. The molecule has 0 saturated carbocycles. The summed E-state index contributed by atoms with van der Waals surface area (Å²) in [7, 11) is 0. The van der Waals surface area contributed by atoms with Gasteiger partial charge in [-0.2, -0.15) is 5.10 Å². The minimum Gasteiger partial charge on any atom is -0.492 e. The van der Waals surface area contributed by atoms with Gasteiger partial charge in [0.25, 0.3) is 0 Å². The summed E-state index contributed by atoms with van der Waals surface area (Å²) < 4.78 is 8.92. The van der Waals surface area contributed by atoms with E-state index in [0.29, 0.717) is 57.2 Å². The quantitative estimate of drug-likeness (QED) is 0.394. The normalized spacial score (nSPS) is 19.2. The van der Waals surface area contributed by atoms with E-state index in [0.717, 1.165) is 17.3 Å². The monoisotopic (exact) mass is 529 g/mol. The smallest absolute Gasteiger partial charge is 0.346 e. The van der Waals surface area contributed by atoms with Crippen molar-refractivity contribution in [1.82, 2.24) is 19.2 Å².